The summed E-state index contributed by atoms with van der Waals surface area (Å²) in [7, 11) is 0. The minimum atomic E-state index is -2.93. The first-order valence-electron chi connectivity index (χ1n) is 17.9. The van der Waals surface area contributed by atoms with Gasteiger partial charge in [0.15, 0.2) is 11.4 Å². The number of anilines is 4. The Kier molecular flexibility index (Phi) is 9.73. The van der Waals surface area contributed by atoms with Crippen LogP contribution in [0.5, 0.6) is 0 Å². The van der Waals surface area contributed by atoms with E-state index in [1.807, 2.05) is 36.4 Å². The average Bonchev–Trinajstić information content (AvgIpc) is 3.70. The third kappa shape index (κ3) is 7.93. The van der Waals surface area contributed by atoms with Crippen molar-refractivity contribution in [3.8, 4) is 17.1 Å². The second kappa shape index (κ2) is 15.1. The average molecular weight is 737 g/mol. The quantitative estimate of drug-likeness (QED) is 0.145. The highest BCUT2D eigenvalue weighted by atomic mass is 19.3. The number of hydrogen-bond donors (Lipinski definition) is 3. The van der Waals surface area contributed by atoms with Gasteiger partial charge in [-0.25, -0.2) is 28.2 Å². The van der Waals surface area contributed by atoms with Gasteiger partial charge in [0.2, 0.25) is 11.8 Å². The zero-order chi connectivity index (χ0) is 37.2. The van der Waals surface area contributed by atoms with E-state index in [1.54, 1.807) is 35.4 Å². The maximum Gasteiger partial charge on any atom is 0.328 e. The second-order valence-corrected chi connectivity index (χ2v) is 13.6. The number of pyridine rings is 1. The van der Waals surface area contributed by atoms with Gasteiger partial charge in [0, 0.05) is 75.4 Å². The van der Waals surface area contributed by atoms with E-state index in [0.717, 1.165) is 56.2 Å². The normalized spacial score (nSPS) is 16.5. The zero-order valence-electron chi connectivity index (χ0n) is 29.3. The van der Waals surface area contributed by atoms with Crippen molar-refractivity contribution in [2.45, 2.75) is 32.2 Å². The third-order valence-electron chi connectivity index (χ3n) is 9.74. The van der Waals surface area contributed by atoms with Crippen molar-refractivity contribution in [1.29, 1.82) is 0 Å². The Balaban J connectivity index is 0.874. The molecule has 2 aliphatic heterocycles. The molecule has 4 amide bonds. The zero-order valence-corrected chi connectivity index (χ0v) is 29.3. The molecule has 0 spiro atoms. The molecule has 0 atom stereocenters. The molecule has 5 heterocycles. The van der Waals surface area contributed by atoms with Crippen LogP contribution in [0.2, 0.25) is 0 Å². The van der Waals surface area contributed by atoms with Gasteiger partial charge in [-0.15, -0.1) is 0 Å². The van der Waals surface area contributed by atoms with Crippen LogP contribution in [-0.2, 0) is 11.3 Å². The van der Waals surface area contributed by atoms with Crippen LogP contribution in [0.3, 0.4) is 0 Å². The fourth-order valence-electron chi connectivity index (χ4n) is 6.58. The van der Waals surface area contributed by atoms with E-state index >= 15 is 0 Å². The molecular weight excluding hydrogens is 698 g/mol. The molecule has 3 N–H and O–H groups in total. The van der Waals surface area contributed by atoms with Crippen LogP contribution in [0.15, 0.2) is 83.7 Å². The predicted molar refractivity (Wildman–Crippen MR) is 197 cm³/mol. The molecule has 14 nitrogen and oxygen atoms in total. The highest BCUT2D eigenvalue weighted by molar-refractivity contribution is 6.05. The number of carbonyl (C=O) groups is 3. The van der Waals surface area contributed by atoms with Crippen molar-refractivity contribution in [3.63, 3.8) is 0 Å². The Hall–Kier alpha value is -6.16. The number of imide groups is 1. The van der Waals surface area contributed by atoms with Crippen molar-refractivity contribution in [2.75, 3.05) is 59.7 Å². The van der Waals surface area contributed by atoms with Gasteiger partial charge in [0.05, 0.1) is 17.6 Å². The Labute approximate surface area is 309 Å². The van der Waals surface area contributed by atoms with Gasteiger partial charge < -0.3 is 20.0 Å². The molecule has 3 aliphatic rings. The number of alkyl halides is 2. The lowest BCUT2D eigenvalue weighted by atomic mass is 10.1. The van der Waals surface area contributed by atoms with Gasteiger partial charge in [-0.05, 0) is 72.9 Å². The first-order valence-corrected chi connectivity index (χ1v) is 17.9. The number of aromatic nitrogens is 4. The molecule has 3 fully saturated rings. The number of carbonyl (C=O) groups excluding carboxylic acids is 3. The maximum absolute atomic E-state index is 14.1. The first-order chi connectivity index (χ1) is 26.3. The maximum atomic E-state index is 14.1. The van der Waals surface area contributed by atoms with Crippen LogP contribution in [0.4, 0.5) is 36.5 Å². The third-order valence-corrected chi connectivity index (χ3v) is 9.74. The molecule has 1 aliphatic carbocycles. The predicted octanol–water partition coefficient (Wildman–Crippen LogP) is 5.70. The lowest BCUT2D eigenvalue weighted by molar-refractivity contribution is -0.120. The van der Waals surface area contributed by atoms with Crippen molar-refractivity contribution < 1.29 is 27.6 Å². The van der Waals surface area contributed by atoms with Crippen LogP contribution in [-0.4, -0.2) is 81.8 Å². The number of hydrogen-bond acceptors (Lipinski definition) is 10. The van der Waals surface area contributed by atoms with Crippen molar-refractivity contribution in [2.24, 2.45) is 5.92 Å². The minimum absolute atomic E-state index is 0.0644. The standard InChI is InChI=1S/C38H38F2N10O4/c39-35(40)34-30(43-36(52)31-23-54-37(44-31)26-10-12-41-32(19-26)42-20-24-4-5-24)22-50(46-34)28-8-6-27(7-9-28)48-16-14-47(15-17-48)21-25-2-1-3-29(18-25)49-13-11-33(51)45-38(49)53/h1-3,6-10,12,18-19,22-24,35H,4-5,11,13-17,20-21H2,(H,41,42)(H,43,52)(H,45,51,53). The van der Waals surface area contributed by atoms with E-state index in [0.29, 0.717) is 29.5 Å². The molecule has 0 bridgehead atoms. The Morgan fingerprint density at radius 2 is 1.76 bits per heavy atom. The number of nitrogens with one attached hydrogen (secondary N) is 3. The number of piperazine rings is 1. The number of halogens is 2. The van der Waals surface area contributed by atoms with E-state index in [2.05, 4.69) is 40.8 Å². The smallest absolute Gasteiger partial charge is 0.328 e. The minimum Gasteiger partial charge on any atom is -0.444 e. The van der Waals surface area contributed by atoms with Gasteiger partial charge >= 0.3 is 6.03 Å². The molecule has 2 saturated heterocycles. The van der Waals surface area contributed by atoms with Crippen LogP contribution in [0, 0.1) is 5.92 Å². The Bertz CT molecular complexity index is 2160. The van der Waals surface area contributed by atoms with E-state index < -0.39 is 24.1 Å². The fourth-order valence-corrected chi connectivity index (χ4v) is 6.58. The Morgan fingerprint density at radius 3 is 2.52 bits per heavy atom. The number of amides is 4. The van der Waals surface area contributed by atoms with Gasteiger partial charge in [-0.3, -0.25) is 24.7 Å². The van der Waals surface area contributed by atoms with E-state index in [1.165, 1.54) is 30.0 Å². The molecule has 0 unspecified atom stereocenters. The van der Waals surface area contributed by atoms with Crippen molar-refractivity contribution in [1.82, 2.24) is 30.0 Å². The van der Waals surface area contributed by atoms with Crippen LogP contribution < -0.4 is 25.8 Å². The first kappa shape index (κ1) is 34.9. The second-order valence-electron chi connectivity index (χ2n) is 13.6. The van der Waals surface area contributed by atoms with Crippen LogP contribution in [0.1, 0.15) is 47.4 Å². The molecule has 5 aromatic rings. The van der Waals surface area contributed by atoms with E-state index in [-0.39, 0.29) is 29.6 Å². The number of rotatable bonds is 12. The van der Waals surface area contributed by atoms with E-state index in [9.17, 15) is 23.2 Å². The number of nitrogens with zero attached hydrogens (tertiary/aromatic N) is 7. The summed E-state index contributed by atoms with van der Waals surface area (Å²) >= 11 is 0. The molecule has 1 saturated carbocycles. The molecule has 3 aromatic heterocycles. The summed E-state index contributed by atoms with van der Waals surface area (Å²) in [6, 6.07) is 18.4. The lowest BCUT2D eigenvalue weighted by Crippen LogP contribution is -2.49. The molecule has 54 heavy (non-hydrogen) atoms. The number of oxazole rings is 1. The summed E-state index contributed by atoms with van der Waals surface area (Å²) < 4.78 is 35.0. The summed E-state index contributed by atoms with van der Waals surface area (Å²) in [5.74, 6) is 0.582. The largest absolute Gasteiger partial charge is 0.444 e. The highest BCUT2D eigenvalue weighted by Gasteiger charge is 2.26. The molecule has 278 valence electrons. The van der Waals surface area contributed by atoms with E-state index in [4.69, 9.17) is 4.42 Å². The number of benzene rings is 2. The molecular formula is C38H38F2N10O4. The van der Waals surface area contributed by atoms with Crippen molar-refractivity contribution in [3.05, 3.63) is 96.3 Å². The van der Waals surface area contributed by atoms with Crippen molar-refractivity contribution >= 4 is 40.7 Å². The SMILES string of the molecule is O=C1CCN(c2cccc(CN3CCN(c4ccc(-n5cc(NC(=O)c6coc(-c7ccnc(NCC8CC8)c7)n6)c(C(F)F)n5)cc4)CC3)c2)C(=O)N1. The topological polar surface area (TPSA) is 154 Å². The Morgan fingerprint density at radius 1 is 0.963 bits per heavy atom. The monoisotopic (exact) mass is 736 g/mol. The van der Waals surface area contributed by atoms with Gasteiger partial charge in [-0.2, -0.15) is 5.10 Å². The summed E-state index contributed by atoms with van der Waals surface area (Å²) in [5.41, 5.74) is 3.25. The number of urea groups is 1. The highest BCUT2D eigenvalue weighted by Crippen LogP contribution is 2.31. The summed E-state index contributed by atoms with van der Waals surface area (Å²) in [5, 5.41) is 12.3. The van der Waals surface area contributed by atoms with Gasteiger partial charge in [-0.1, -0.05) is 12.1 Å². The lowest BCUT2D eigenvalue weighted by Gasteiger charge is -2.36. The van der Waals surface area contributed by atoms with Gasteiger partial charge in [0.1, 0.15) is 12.1 Å². The molecule has 8 rings (SSSR count). The molecule has 2 aromatic carbocycles. The molecule has 16 heteroatoms. The van der Waals surface area contributed by atoms with Gasteiger partial charge in [0.25, 0.3) is 12.3 Å². The van der Waals surface area contributed by atoms with Crippen LogP contribution in [0.25, 0.3) is 17.1 Å². The summed E-state index contributed by atoms with van der Waals surface area (Å²) in [6.45, 7) is 5.12. The molecule has 0 radical (unpaired) electrons. The van der Waals surface area contributed by atoms with Crippen LogP contribution >= 0.6 is 0 Å². The summed E-state index contributed by atoms with van der Waals surface area (Å²) in [4.78, 5) is 51.7. The summed E-state index contributed by atoms with van der Waals surface area (Å²) in [6.07, 6.45) is 3.93. The fraction of sp³-hybridized carbons (Fsp3) is 0.316.